The Balaban J connectivity index is 1.84. The Labute approximate surface area is 116 Å². The van der Waals surface area contributed by atoms with Gasteiger partial charge in [-0.2, -0.15) is 0 Å². The highest BCUT2D eigenvalue weighted by atomic mass is 15.7. The van der Waals surface area contributed by atoms with E-state index in [-0.39, 0.29) is 0 Å². The van der Waals surface area contributed by atoms with E-state index >= 15 is 0 Å². The molecule has 0 amide bonds. The Kier molecular flexibility index (Phi) is 1.72. The molecular formula is C16H12N4. The van der Waals surface area contributed by atoms with E-state index in [2.05, 4.69) is 68.1 Å². The summed E-state index contributed by atoms with van der Waals surface area (Å²) in [6.45, 7) is 0.889. The Morgan fingerprint density at radius 3 is 2.50 bits per heavy atom. The van der Waals surface area contributed by atoms with E-state index in [0.29, 0.717) is 0 Å². The molecular weight excluding hydrogens is 248 g/mol. The van der Waals surface area contributed by atoms with E-state index in [1.54, 1.807) is 0 Å². The minimum atomic E-state index is 0.889. The molecule has 2 aromatic carbocycles. The van der Waals surface area contributed by atoms with Gasteiger partial charge in [0, 0.05) is 12.4 Å². The number of para-hydroxylation sites is 3. The van der Waals surface area contributed by atoms with Crippen LogP contribution in [0.3, 0.4) is 0 Å². The van der Waals surface area contributed by atoms with Gasteiger partial charge in [0.05, 0.1) is 23.6 Å². The number of nitrogens with zero attached hydrogens (tertiary/aromatic N) is 4. The van der Waals surface area contributed by atoms with Crippen LogP contribution in [0.5, 0.6) is 0 Å². The molecule has 4 nitrogen and oxygen atoms in total. The normalized spacial score (nSPS) is 14.6. The van der Waals surface area contributed by atoms with Crippen molar-refractivity contribution in [3.8, 4) is 5.69 Å². The molecule has 0 radical (unpaired) electrons. The highest BCUT2D eigenvalue weighted by Crippen LogP contribution is 2.45. The molecule has 96 valence electrons. The Morgan fingerprint density at radius 2 is 1.60 bits per heavy atom. The summed E-state index contributed by atoms with van der Waals surface area (Å²) in [5.41, 5.74) is 4.95. The fourth-order valence-electron chi connectivity index (χ4n) is 3.15. The first kappa shape index (κ1) is 10.1. The van der Waals surface area contributed by atoms with Gasteiger partial charge in [0.2, 0.25) is 5.95 Å². The molecule has 3 heterocycles. The van der Waals surface area contributed by atoms with Gasteiger partial charge in [-0.1, -0.05) is 30.3 Å². The van der Waals surface area contributed by atoms with Crippen molar-refractivity contribution in [1.82, 2.24) is 9.55 Å². The lowest BCUT2D eigenvalue weighted by Gasteiger charge is -2.36. The van der Waals surface area contributed by atoms with Crippen molar-refractivity contribution < 1.29 is 0 Å². The van der Waals surface area contributed by atoms with Crippen molar-refractivity contribution in [3.05, 3.63) is 66.5 Å². The number of fused-ring (bicyclic) bond motifs is 8. The molecule has 0 unspecified atom stereocenters. The van der Waals surface area contributed by atoms with Crippen LogP contribution in [0.1, 0.15) is 5.56 Å². The summed E-state index contributed by atoms with van der Waals surface area (Å²) in [7, 11) is 0. The van der Waals surface area contributed by atoms with E-state index in [0.717, 1.165) is 12.5 Å². The maximum atomic E-state index is 4.54. The summed E-state index contributed by atoms with van der Waals surface area (Å²) in [6.07, 6.45) is 3.88. The molecule has 4 heteroatoms. The zero-order chi connectivity index (χ0) is 13.1. The fraction of sp³-hybridized carbons (Fsp3) is 0.0625. The van der Waals surface area contributed by atoms with Gasteiger partial charge in [0.1, 0.15) is 0 Å². The summed E-state index contributed by atoms with van der Waals surface area (Å²) >= 11 is 0. The number of hydrogen-bond donors (Lipinski definition) is 0. The van der Waals surface area contributed by atoms with Gasteiger partial charge in [-0.05, 0) is 23.8 Å². The van der Waals surface area contributed by atoms with E-state index < -0.39 is 0 Å². The highest BCUT2D eigenvalue weighted by Gasteiger charge is 2.36. The van der Waals surface area contributed by atoms with Crippen LogP contribution < -0.4 is 10.0 Å². The summed E-state index contributed by atoms with van der Waals surface area (Å²) in [5.74, 6) is 0.952. The quantitative estimate of drug-likeness (QED) is 0.620. The fourth-order valence-corrected chi connectivity index (χ4v) is 3.15. The summed E-state index contributed by atoms with van der Waals surface area (Å²) < 4.78 is 2.15. The molecule has 0 fully saturated rings. The molecule has 5 rings (SSSR count). The van der Waals surface area contributed by atoms with Gasteiger partial charge in [-0.15, -0.1) is 0 Å². The van der Waals surface area contributed by atoms with Gasteiger partial charge in [0.25, 0.3) is 0 Å². The predicted octanol–water partition coefficient (Wildman–Crippen LogP) is 3.26. The molecule has 20 heavy (non-hydrogen) atoms. The third-order valence-corrected chi connectivity index (χ3v) is 4.01. The number of aromatic nitrogens is 2. The van der Waals surface area contributed by atoms with Crippen molar-refractivity contribution in [1.29, 1.82) is 0 Å². The molecule has 0 bridgehead atoms. The minimum absolute atomic E-state index is 0.889. The topological polar surface area (TPSA) is 24.3 Å². The first-order chi connectivity index (χ1) is 9.93. The van der Waals surface area contributed by atoms with Crippen LogP contribution in [0.2, 0.25) is 0 Å². The van der Waals surface area contributed by atoms with Crippen LogP contribution in [-0.2, 0) is 6.54 Å². The standard InChI is InChI=1S/C16H12N4/c1-2-6-13-12(5-1)11-19-15-8-4-3-7-14(15)18-10-9-17-16(18)20(13)19/h1-10H,11H2. The first-order valence-electron chi connectivity index (χ1n) is 6.72. The van der Waals surface area contributed by atoms with Crippen LogP contribution in [0, 0.1) is 0 Å². The van der Waals surface area contributed by atoms with E-state index in [9.17, 15) is 0 Å². The average Bonchev–Trinajstić information content (AvgIpc) is 3.11. The second-order valence-corrected chi connectivity index (χ2v) is 5.08. The Bertz CT molecular complexity index is 821. The van der Waals surface area contributed by atoms with Crippen molar-refractivity contribution in [2.24, 2.45) is 0 Å². The average molecular weight is 260 g/mol. The number of rotatable bonds is 0. The molecule has 0 N–H and O–H groups in total. The number of benzene rings is 2. The molecule has 0 aliphatic carbocycles. The SMILES string of the molecule is c1ccc2c(c1)CN1c3ccccc3-n3ccnc3N21. The predicted molar refractivity (Wildman–Crippen MR) is 78.3 cm³/mol. The summed E-state index contributed by atoms with van der Waals surface area (Å²) in [4.78, 5) is 4.54. The van der Waals surface area contributed by atoms with Crippen molar-refractivity contribution in [3.63, 3.8) is 0 Å². The molecule has 2 aliphatic rings. The number of anilines is 3. The van der Waals surface area contributed by atoms with E-state index in [4.69, 9.17) is 0 Å². The highest BCUT2D eigenvalue weighted by molar-refractivity contribution is 5.81. The zero-order valence-corrected chi connectivity index (χ0v) is 10.8. The second kappa shape index (κ2) is 3.42. The summed E-state index contributed by atoms with van der Waals surface area (Å²) in [6, 6.07) is 17.0. The van der Waals surface area contributed by atoms with Crippen LogP contribution in [0.4, 0.5) is 17.3 Å². The van der Waals surface area contributed by atoms with Crippen molar-refractivity contribution in [2.45, 2.75) is 6.54 Å². The van der Waals surface area contributed by atoms with Crippen LogP contribution in [-0.4, -0.2) is 9.55 Å². The van der Waals surface area contributed by atoms with Crippen LogP contribution >= 0.6 is 0 Å². The molecule has 2 aliphatic heterocycles. The Hall–Kier alpha value is -2.75. The summed E-state index contributed by atoms with van der Waals surface area (Å²) in [5, 5.41) is 4.50. The lowest BCUT2D eigenvalue weighted by Crippen LogP contribution is -2.39. The van der Waals surface area contributed by atoms with E-state index in [1.165, 1.54) is 22.6 Å². The number of imidazole rings is 1. The third kappa shape index (κ3) is 1.09. The maximum Gasteiger partial charge on any atom is 0.234 e. The van der Waals surface area contributed by atoms with Crippen molar-refractivity contribution >= 4 is 17.3 Å². The number of hydrazine groups is 1. The van der Waals surface area contributed by atoms with Gasteiger partial charge < -0.3 is 0 Å². The first-order valence-corrected chi connectivity index (χ1v) is 6.72. The van der Waals surface area contributed by atoms with Gasteiger partial charge in [-0.3, -0.25) is 9.58 Å². The van der Waals surface area contributed by atoms with E-state index in [1.807, 2.05) is 12.4 Å². The number of hydrogen-bond acceptors (Lipinski definition) is 3. The molecule has 1 aromatic heterocycles. The molecule has 3 aromatic rings. The molecule has 0 spiro atoms. The molecule has 0 atom stereocenters. The third-order valence-electron chi connectivity index (χ3n) is 4.01. The van der Waals surface area contributed by atoms with Crippen molar-refractivity contribution in [2.75, 3.05) is 10.0 Å². The van der Waals surface area contributed by atoms with Gasteiger partial charge in [0.15, 0.2) is 0 Å². The Morgan fingerprint density at radius 1 is 0.850 bits per heavy atom. The zero-order valence-electron chi connectivity index (χ0n) is 10.8. The largest absolute Gasteiger partial charge is 0.282 e. The second-order valence-electron chi connectivity index (χ2n) is 5.08. The lowest BCUT2D eigenvalue weighted by molar-refractivity contribution is 0.798. The minimum Gasteiger partial charge on any atom is -0.282 e. The van der Waals surface area contributed by atoms with Gasteiger partial charge >= 0.3 is 0 Å². The smallest absolute Gasteiger partial charge is 0.234 e. The molecule has 0 saturated carbocycles. The van der Waals surface area contributed by atoms with Crippen LogP contribution in [0.25, 0.3) is 5.69 Å². The van der Waals surface area contributed by atoms with Crippen LogP contribution in [0.15, 0.2) is 60.9 Å². The monoisotopic (exact) mass is 260 g/mol. The maximum absolute atomic E-state index is 4.54. The van der Waals surface area contributed by atoms with Gasteiger partial charge in [-0.25, -0.2) is 9.99 Å². The molecule has 0 saturated heterocycles. The lowest BCUT2D eigenvalue weighted by atomic mass is 10.2.